The Labute approximate surface area is 259 Å². The first-order valence-corrected chi connectivity index (χ1v) is 15.8. The van der Waals surface area contributed by atoms with E-state index in [0.29, 0.717) is 29.2 Å². The molecule has 6 rings (SSSR count). The summed E-state index contributed by atoms with van der Waals surface area (Å²) in [6.07, 6.45) is 2.70. The van der Waals surface area contributed by atoms with Gasteiger partial charge >= 0.3 is 5.97 Å². The minimum atomic E-state index is -0.301. The van der Waals surface area contributed by atoms with Gasteiger partial charge in [0.25, 0.3) is 0 Å². The Morgan fingerprint density at radius 2 is 1.70 bits per heavy atom. The quantitative estimate of drug-likeness (QED) is 0.175. The molecule has 0 amide bonds. The smallest absolute Gasteiger partial charge is 0.323 e. The van der Waals surface area contributed by atoms with Gasteiger partial charge in [0.2, 0.25) is 0 Å². The van der Waals surface area contributed by atoms with Crippen molar-refractivity contribution in [1.29, 1.82) is 0 Å². The number of piperazine rings is 1. The second kappa shape index (κ2) is 12.5. The van der Waals surface area contributed by atoms with Crippen molar-refractivity contribution in [2.24, 2.45) is 0 Å². The Kier molecular flexibility index (Phi) is 8.46. The summed E-state index contributed by atoms with van der Waals surface area (Å²) >= 11 is 1.44. The third-order valence-electron chi connectivity index (χ3n) is 8.38. The highest BCUT2D eigenvalue weighted by Crippen LogP contribution is 2.37. The molecule has 0 aliphatic carbocycles. The molecule has 0 radical (unpaired) electrons. The van der Waals surface area contributed by atoms with Gasteiger partial charge in [-0.3, -0.25) is 14.1 Å². The Morgan fingerprint density at radius 1 is 0.977 bits per heavy atom. The summed E-state index contributed by atoms with van der Waals surface area (Å²) in [5, 5.41) is 2.62. The number of hydrogen-bond donors (Lipinski definition) is 0. The maximum atomic E-state index is 16.3. The van der Waals surface area contributed by atoms with Crippen molar-refractivity contribution in [3.05, 3.63) is 83.0 Å². The Bertz CT molecular complexity index is 1810. The van der Waals surface area contributed by atoms with Crippen LogP contribution in [0.25, 0.3) is 38.7 Å². The number of hydrogen-bond acceptors (Lipinski definition) is 7. The molecule has 0 saturated carbocycles. The number of fused-ring (bicyclic) bond motifs is 1. The maximum Gasteiger partial charge on any atom is 0.323 e. The molecule has 1 atom stereocenters. The molecule has 1 aliphatic rings. The number of carbonyl (C=O) groups excluding carboxylic acids is 1. The van der Waals surface area contributed by atoms with Crippen LogP contribution in [-0.2, 0) is 16.0 Å². The van der Waals surface area contributed by atoms with Crippen LogP contribution in [0.2, 0.25) is 0 Å². The zero-order valence-electron chi connectivity index (χ0n) is 25.3. The van der Waals surface area contributed by atoms with Crippen LogP contribution >= 0.6 is 11.3 Å². The van der Waals surface area contributed by atoms with Crippen LogP contribution in [0.4, 0.5) is 14.5 Å². The van der Waals surface area contributed by atoms with Crippen LogP contribution in [0, 0.1) is 18.6 Å². The average Bonchev–Trinajstić information content (AvgIpc) is 3.67. The Balaban J connectivity index is 1.30. The van der Waals surface area contributed by atoms with Gasteiger partial charge in [-0.25, -0.2) is 18.7 Å². The van der Waals surface area contributed by atoms with Crippen molar-refractivity contribution in [3.63, 3.8) is 0 Å². The SMILES string of the molecule is CCOC(=O)C(C)N1CCN(c2ccc3nc(CC)c(-c4ccc(-c5nc(-c6ccc(F)cc6)cs5)c(C)c4F)n3c2)CC1. The molecule has 10 heteroatoms. The number of carbonyl (C=O) groups is 1. The highest BCUT2D eigenvalue weighted by molar-refractivity contribution is 7.13. The summed E-state index contributed by atoms with van der Waals surface area (Å²) in [5.74, 6) is -0.791. The number of aromatic nitrogens is 3. The van der Waals surface area contributed by atoms with Crippen molar-refractivity contribution in [2.45, 2.75) is 40.2 Å². The predicted octanol–water partition coefficient (Wildman–Crippen LogP) is 7.01. The first kappa shape index (κ1) is 29.9. The number of pyridine rings is 1. The van der Waals surface area contributed by atoms with E-state index in [1.807, 2.05) is 54.9 Å². The Hall–Kier alpha value is -4.15. The van der Waals surface area contributed by atoms with Crippen LogP contribution in [0.5, 0.6) is 0 Å². The molecule has 3 aromatic heterocycles. The molecule has 4 heterocycles. The van der Waals surface area contributed by atoms with E-state index in [9.17, 15) is 9.18 Å². The molecule has 1 aliphatic heterocycles. The van der Waals surface area contributed by atoms with Crippen LogP contribution in [-0.4, -0.2) is 64.1 Å². The fraction of sp³-hybridized carbons (Fsp3) is 0.324. The highest BCUT2D eigenvalue weighted by atomic mass is 32.1. The second-order valence-electron chi connectivity index (χ2n) is 11.0. The van der Waals surface area contributed by atoms with Gasteiger partial charge in [-0.1, -0.05) is 13.0 Å². The third-order valence-corrected chi connectivity index (χ3v) is 9.26. The molecular formula is C34H35F2N5O2S. The van der Waals surface area contributed by atoms with E-state index in [2.05, 4.69) is 15.9 Å². The minimum absolute atomic E-state index is 0.191. The summed E-state index contributed by atoms with van der Waals surface area (Å²) in [4.78, 5) is 26.2. The number of nitrogens with zero attached hydrogens (tertiary/aromatic N) is 5. The summed E-state index contributed by atoms with van der Waals surface area (Å²) in [7, 11) is 0. The molecule has 5 aromatic rings. The first-order chi connectivity index (χ1) is 21.3. The summed E-state index contributed by atoms with van der Waals surface area (Å²) in [6, 6.07) is 13.7. The zero-order valence-corrected chi connectivity index (χ0v) is 26.1. The van der Waals surface area contributed by atoms with Crippen molar-refractivity contribution in [3.8, 4) is 33.1 Å². The van der Waals surface area contributed by atoms with Gasteiger partial charge in [0.05, 0.1) is 29.4 Å². The monoisotopic (exact) mass is 615 g/mol. The number of anilines is 1. The lowest BCUT2D eigenvalue weighted by atomic mass is 10.0. The fourth-order valence-corrected chi connectivity index (χ4v) is 6.74. The number of rotatable bonds is 8. The van der Waals surface area contributed by atoms with Gasteiger partial charge in [-0.05, 0) is 75.2 Å². The molecule has 228 valence electrons. The van der Waals surface area contributed by atoms with Gasteiger partial charge in [0, 0.05) is 54.4 Å². The van der Waals surface area contributed by atoms with E-state index in [1.54, 1.807) is 19.1 Å². The number of esters is 1. The van der Waals surface area contributed by atoms with Crippen molar-refractivity contribution in [2.75, 3.05) is 37.7 Å². The van der Waals surface area contributed by atoms with Gasteiger partial charge in [0.1, 0.15) is 28.3 Å². The molecule has 44 heavy (non-hydrogen) atoms. The molecule has 0 bridgehead atoms. The van der Waals surface area contributed by atoms with Crippen LogP contribution in [0.3, 0.4) is 0 Å². The molecular weight excluding hydrogens is 580 g/mol. The summed E-state index contributed by atoms with van der Waals surface area (Å²) in [6.45, 7) is 10.9. The lowest BCUT2D eigenvalue weighted by molar-refractivity contribution is -0.149. The number of thiazole rings is 1. The normalized spacial score (nSPS) is 14.7. The molecule has 0 spiro atoms. The van der Waals surface area contributed by atoms with Crippen molar-refractivity contribution >= 4 is 28.6 Å². The minimum Gasteiger partial charge on any atom is -0.465 e. The van der Waals surface area contributed by atoms with E-state index in [0.717, 1.165) is 65.7 Å². The van der Waals surface area contributed by atoms with E-state index in [4.69, 9.17) is 14.7 Å². The van der Waals surface area contributed by atoms with Crippen molar-refractivity contribution in [1.82, 2.24) is 19.3 Å². The highest BCUT2D eigenvalue weighted by Gasteiger charge is 2.27. The lowest BCUT2D eigenvalue weighted by Gasteiger charge is -2.38. The van der Waals surface area contributed by atoms with E-state index in [-0.39, 0.29) is 23.6 Å². The van der Waals surface area contributed by atoms with Crippen LogP contribution in [0.15, 0.2) is 60.1 Å². The van der Waals surface area contributed by atoms with Gasteiger partial charge in [-0.15, -0.1) is 11.3 Å². The number of aryl methyl sites for hydroxylation is 1. The standard InChI is InChI=1S/C34H35F2N5O2S/c1-5-28-32(27-13-12-26(21(3)31(27)36)33-38-29(20-44-33)23-7-9-24(35)10-8-23)41-19-25(11-14-30(41)37-28)40-17-15-39(16-18-40)22(4)34(42)43-6-2/h7-14,19-20,22H,5-6,15-18H2,1-4H3. The van der Waals surface area contributed by atoms with Crippen LogP contribution in [0.1, 0.15) is 32.0 Å². The van der Waals surface area contributed by atoms with E-state index >= 15 is 4.39 Å². The molecule has 1 saturated heterocycles. The third kappa shape index (κ3) is 5.59. The predicted molar refractivity (Wildman–Crippen MR) is 171 cm³/mol. The number of halogens is 2. The Morgan fingerprint density at radius 3 is 2.41 bits per heavy atom. The van der Waals surface area contributed by atoms with E-state index in [1.165, 1.54) is 23.5 Å². The maximum absolute atomic E-state index is 16.3. The largest absolute Gasteiger partial charge is 0.465 e. The van der Waals surface area contributed by atoms with Gasteiger partial charge < -0.3 is 9.64 Å². The van der Waals surface area contributed by atoms with Crippen LogP contribution < -0.4 is 4.90 Å². The number of benzene rings is 2. The molecule has 0 N–H and O–H groups in total. The second-order valence-corrected chi connectivity index (χ2v) is 11.8. The number of ether oxygens (including phenoxy) is 1. The fourth-order valence-electron chi connectivity index (χ4n) is 5.83. The van der Waals surface area contributed by atoms with Crippen molar-refractivity contribution < 1.29 is 18.3 Å². The molecule has 1 unspecified atom stereocenters. The summed E-state index contributed by atoms with van der Waals surface area (Å²) < 4.78 is 36.9. The van der Waals surface area contributed by atoms with Gasteiger partial charge in [-0.2, -0.15) is 0 Å². The topological polar surface area (TPSA) is 63.0 Å². The molecule has 7 nitrogen and oxygen atoms in total. The summed E-state index contributed by atoms with van der Waals surface area (Å²) in [5.41, 5.74) is 6.64. The zero-order chi connectivity index (χ0) is 31.0. The number of imidazole rings is 1. The molecule has 2 aromatic carbocycles. The van der Waals surface area contributed by atoms with Gasteiger partial charge in [0.15, 0.2) is 0 Å². The van der Waals surface area contributed by atoms with E-state index < -0.39 is 0 Å². The molecule has 1 fully saturated rings. The first-order valence-electron chi connectivity index (χ1n) is 15.0. The lowest BCUT2D eigenvalue weighted by Crippen LogP contribution is -2.52. The average molecular weight is 616 g/mol.